The Morgan fingerprint density at radius 1 is 1.56 bits per heavy atom. The lowest BCUT2D eigenvalue weighted by Crippen LogP contribution is -2.25. The van der Waals surface area contributed by atoms with Crippen LogP contribution < -0.4 is 0 Å². The first-order chi connectivity index (χ1) is 4.02. The van der Waals surface area contributed by atoms with Crippen molar-refractivity contribution in [2.75, 3.05) is 5.75 Å². The van der Waals surface area contributed by atoms with E-state index in [0.29, 0.717) is 0 Å². The smallest absolute Gasteiger partial charge is 0.303 e. The maximum absolute atomic E-state index is 11.4. The molecule has 0 radical (unpaired) electrons. The second kappa shape index (κ2) is 3.10. The highest BCUT2D eigenvalue weighted by atomic mass is 32.1. The molecule has 0 bridgehead atoms. The Bertz CT molecular complexity index is 100. The Labute approximate surface area is 55.6 Å². The molecule has 54 valence electrons. The lowest BCUT2D eigenvalue weighted by Gasteiger charge is -2.09. The molecule has 0 rings (SSSR count). The Morgan fingerprint density at radius 3 is 2.00 bits per heavy atom. The predicted octanol–water partition coefficient (Wildman–Crippen LogP) is 1.29. The van der Waals surface area contributed by atoms with Crippen LogP contribution in [0.15, 0.2) is 0 Å². The second-order valence-corrected chi connectivity index (χ2v) is 1.83. The number of thiol groups is 1. The summed E-state index contributed by atoms with van der Waals surface area (Å²) >= 11 is 3.34. The number of hydrogen-bond donors (Lipinski definition) is 1. The molecule has 0 aliphatic heterocycles. The van der Waals surface area contributed by atoms with E-state index in [1.54, 1.807) is 0 Å². The van der Waals surface area contributed by atoms with E-state index in [0.717, 1.165) is 0 Å². The minimum Gasteiger partial charge on any atom is -0.303 e. The third kappa shape index (κ3) is 2.74. The van der Waals surface area contributed by atoms with Crippen LogP contribution in [0.5, 0.6) is 0 Å². The summed E-state index contributed by atoms with van der Waals surface area (Å²) in [7, 11) is 0. The fourth-order valence-electron chi connectivity index (χ4n) is 0.224. The van der Waals surface area contributed by atoms with Gasteiger partial charge >= 0.3 is 6.18 Å². The third-order valence-electron chi connectivity index (χ3n) is 0.781. The average Bonchev–Trinajstić information content (AvgIpc) is 1.65. The van der Waals surface area contributed by atoms with Crippen molar-refractivity contribution in [1.82, 2.24) is 0 Å². The molecule has 1 unspecified atom stereocenters. The fraction of sp³-hybridized carbons (Fsp3) is 0.750. The molecular formula is C4H5F3OS. The molecule has 0 saturated carbocycles. The number of aldehydes is 1. The number of halogens is 3. The summed E-state index contributed by atoms with van der Waals surface area (Å²) in [6.07, 6.45) is -4.57. The molecule has 0 aliphatic carbocycles. The monoisotopic (exact) mass is 158 g/mol. The summed E-state index contributed by atoms with van der Waals surface area (Å²) in [5.41, 5.74) is 0. The summed E-state index contributed by atoms with van der Waals surface area (Å²) in [4.78, 5) is 9.61. The van der Waals surface area contributed by atoms with Gasteiger partial charge in [-0.3, -0.25) is 0 Å². The number of hydrogen-bond acceptors (Lipinski definition) is 2. The normalized spacial score (nSPS) is 15.1. The van der Waals surface area contributed by atoms with Crippen LogP contribution in [-0.4, -0.2) is 18.2 Å². The Kier molecular flexibility index (Phi) is 3.03. The lowest BCUT2D eigenvalue weighted by atomic mass is 10.2. The molecule has 0 aromatic heterocycles. The summed E-state index contributed by atoms with van der Waals surface area (Å²) in [6.45, 7) is 0. The maximum Gasteiger partial charge on any atom is 0.399 e. The molecule has 0 N–H and O–H groups in total. The number of alkyl halides is 3. The van der Waals surface area contributed by atoms with Crippen LogP contribution in [0.4, 0.5) is 13.2 Å². The molecule has 0 saturated heterocycles. The van der Waals surface area contributed by atoms with Crippen molar-refractivity contribution < 1.29 is 18.0 Å². The van der Waals surface area contributed by atoms with E-state index in [1.807, 2.05) is 0 Å². The topological polar surface area (TPSA) is 17.1 Å². The van der Waals surface area contributed by atoms with Crippen LogP contribution in [0.1, 0.15) is 0 Å². The molecular weight excluding hydrogens is 153 g/mol. The number of carbonyl (C=O) groups excluding carboxylic acids is 1. The van der Waals surface area contributed by atoms with Gasteiger partial charge in [0, 0.05) is 5.75 Å². The van der Waals surface area contributed by atoms with Gasteiger partial charge in [0.1, 0.15) is 12.2 Å². The van der Waals surface area contributed by atoms with Gasteiger partial charge in [-0.05, 0) is 0 Å². The van der Waals surface area contributed by atoms with Gasteiger partial charge in [-0.1, -0.05) is 0 Å². The van der Waals surface area contributed by atoms with Crippen molar-refractivity contribution in [3.05, 3.63) is 0 Å². The van der Waals surface area contributed by atoms with E-state index < -0.39 is 17.8 Å². The first-order valence-electron chi connectivity index (χ1n) is 2.15. The fourth-order valence-corrected chi connectivity index (χ4v) is 0.517. The van der Waals surface area contributed by atoms with Crippen LogP contribution in [0.2, 0.25) is 0 Å². The van der Waals surface area contributed by atoms with Crippen LogP contribution in [0, 0.1) is 5.92 Å². The van der Waals surface area contributed by atoms with E-state index in [2.05, 4.69) is 12.6 Å². The van der Waals surface area contributed by atoms with Crippen molar-refractivity contribution in [1.29, 1.82) is 0 Å². The van der Waals surface area contributed by atoms with E-state index in [9.17, 15) is 18.0 Å². The van der Waals surface area contributed by atoms with Gasteiger partial charge in [0.25, 0.3) is 0 Å². The minimum absolute atomic E-state index is 0.146. The first kappa shape index (κ1) is 8.81. The van der Waals surface area contributed by atoms with Crippen molar-refractivity contribution in [2.24, 2.45) is 5.92 Å². The van der Waals surface area contributed by atoms with Gasteiger partial charge in [0.2, 0.25) is 0 Å². The highest BCUT2D eigenvalue weighted by Gasteiger charge is 2.38. The molecule has 9 heavy (non-hydrogen) atoms. The van der Waals surface area contributed by atoms with Crippen LogP contribution in [-0.2, 0) is 4.79 Å². The zero-order chi connectivity index (χ0) is 7.49. The van der Waals surface area contributed by atoms with Gasteiger partial charge in [-0.25, -0.2) is 0 Å². The van der Waals surface area contributed by atoms with Gasteiger partial charge in [-0.15, -0.1) is 0 Å². The SMILES string of the molecule is O=CC(CS)C(F)(F)F. The number of carbonyl (C=O) groups is 1. The minimum atomic E-state index is -4.43. The van der Waals surface area contributed by atoms with Crippen molar-refractivity contribution >= 4 is 18.9 Å². The predicted molar refractivity (Wildman–Crippen MR) is 29.5 cm³/mol. The number of rotatable bonds is 2. The quantitative estimate of drug-likeness (QED) is 0.473. The summed E-state index contributed by atoms with van der Waals surface area (Å²) in [5, 5.41) is 0. The molecule has 0 spiro atoms. The largest absolute Gasteiger partial charge is 0.399 e. The van der Waals surface area contributed by atoms with Crippen LogP contribution >= 0.6 is 12.6 Å². The maximum atomic E-state index is 11.4. The van der Waals surface area contributed by atoms with Crippen molar-refractivity contribution in [2.45, 2.75) is 6.18 Å². The molecule has 1 atom stereocenters. The van der Waals surface area contributed by atoms with E-state index in [-0.39, 0.29) is 6.29 Å². The Hall–Kier alpha value is -0.190. The summed E-state index contributed by atoms with van der Waals surface area (Å²) in [6, 6.07) is 0. The van der Waals surface area contributed by atoms with Gasteiger partial charge in [-0.2, -0.15) is 25.8 Å². The van der Waals surface area contributed by atoms with Gasteiger partial charge in [0.05, 0.1) is 0 Å². The molecule has 0 heterocycles. The molecule has 0 aromatic rings. The van der Waals surface area contributed by atoms with Gasteiger partial charge < -0.3 is 4.79 Å². The zero-order valence-electron chi connectivity index (χ0n) is 4.35. The standard InChI is InChI=1S/C4H5F3OS/c5-4(6,7)3(1-8)2-9/h1,3,9H,2H2. The summed E-state index contributed by atoms with van der Waals surface area (Å²) in [5.74, 6) is -2.40. The lowest BCUT2D eigenvalue weighted by molar-refractivity contribution is -0.169. The molecule has 0 aromatic carbocycles. The van der Waals surface area contributed by atoms with Crippen LogP contribution in [0.3, 0.4) is 0 Å². The highest BCUT2D eigenvalue weighted by molar-refractivity contribution is 7.80. The highest BCUT2D eigenvalue weighted by Crippen LogP contribution is 2.24. The third-order valence-corrected chi connectivity index (χ3v) is 1.17. The average molecular weight is 158 g/mol. The van der Waals surface area contributed by atoms with E-state index >= 15 is 0 Å². The summed E-state index contributed by atoms with van der Waals surface area (Å²) < 4.78 is 34.3. The zero-order valence-corrected chi connectivity index (χ0v) is 5.25. The molecule has 0 amide bonds. The van der Waals surface area contributed by atoms with Crippen molar-refractivity contribution in [3.8, 4) is 0 Å². The first-order valence-corrected chi connectivity index (χ1v) is 2.78. The van der Waals surface area contributed by atoms with Gasteiger partial charge in [0.15, 0.2) is 0 Å². The second-order valence-electron chi connectivity index (χ2n) is 1.47. The molecule has 1 nitrogen and oxygen atoms in total. The molecule has 0 aliphatic rings. The molecule has 5 heteroatoms. The molecule has 0 fully saturated rings. The van der Waals surface area contributed by atoms with E-state index in [4.69, 9.17) is 0 Å². The van der Waals surface area contributed by atoms with Crippen molar-refractivity contribution in [3.63, 3.8) is 0 Å². The Morgan fingerprint density at radius 2 is 2.00 bits per heavy atom. The Balaban J connectivity index is 3.94. The van der Waals surface area contributed by atoms with Crippen LogP contribution in [0.25, 0.3) is 0 Å². The van der Waals surface area contributed by atoms with E-state index in [1.165, 1.54) is 0 Å².